The molecule has 0 saturated carbocycles. The standard InChI is InChI=1S/C21H25N3O3S/c25-19(12-7-13-22-20(26)15-8-3-1-4-9-15)23-24-21(27)18-14-16-10-5-2-6-11-17(16)28-18/h1,3-4,8-9,14H,2,5-7,10-13H2,(H,22,26)(H,23,25)(H,24,27). The third-order valence-corrected chi connectivity index (χ3v) is 5.92. The second kappa shape index (κ2) is 10.0. The highest BCUT2D eigenvalue weighted by Gasteiger charge is 2.16. The van der Waals surface area contributed by atoms with Crippen LogP contribution in [0.15, 0.2) is 36.4 Å². The molecule has 28 heavy (non-hydrogen) atoms. The van der Waals surface area contributed by atoms with Gasteiger partial charge in [0.1, 0.15) is 0 Å². The summed E-state index contributed by atoms with van der Waals surface area (Å²) in [6.07, 6.45) is 6.36. The highest BCUT2D eigenvalue weighted by atomic mass is 32.1. The lowest BCUT2D eigenvalue weighted by Gasteiger charge is -2.07. The third kappa shape index (κ3) is 5.66. The van der Waals surface area contributed by atoms with Crippen molar-refractivity contribution in [1.29, 1.82) is 0 Å². The lowest BCUT2D eigenvalue weighted by molar-refractivity contribution is -0.121. The second-order valence-corrected chi connectivity index (χ2v) is 7.98. The summed E-state index contributed by atoms with van der Waals surface area (Å²) >= 11 is 1.52. The van der Waals surface area contributed by atoms with Crippen molar-refractivity contribution in [2.75, 3.05) is 6.54 Å². The van der Waals surface area contributed by atoms with Crippen molar-refractivity contribution in [2.45, 2.75) is 44.9 Å². The second-order valence-electron chi connectivity index (χ2n) is 6.85. The van der Waals surface area contributed by atoms with E-state index in [2.05, 4.69) is 16.2 Å². The van der Waals surface area contributed by atoms with Gasteiger partial charge in [0.25, 0.3) is 11.8 Å². The monoisotopic (exact) mass is 399 g/mol. The summed E-state index contributed by atoms with van der Waals surface area (Å²) < 4.78 is 0. The van der Waals surface area contributed by atoms with Gasteiger partial charge in [0.15, 0.2) is 0 Å². The maximum absolute atomic E-state index is 12.3. The molecule has 0 atom stereocenters. The Bertz CT molecular complexity index is 809. The molecule has 0 aliphatic heterocycles. The van der Waals surface area contributed by atoms with E-state index in [1.165, 1.54) is 41.0 Å². The first-order valence-corrected chi connectivity index (χ1v) is 10.5. The van der Waals surface area contributed by atoms with Crippen LogP contribution in [0.1, 0.15) is 62.6 Å². The van der Waals surface area contributed by atoms with Crippen molar-refractivity contribution in [2.24, 2.45) is 0 Å². The number of hydrogen-bond donors (Lipinski definition) is 3. The number of carbonyl (C=O) groups is 3. The number of rotatable bonds is 6. The molecule has 6 nitrogen and oxygen atoms in total. The maximum Gasteiger partial charge on any atom is 0.279 e. The van der Waals surface area contributed by atoms with Gasteiger partial charge in [0.2, 0.25) is 5.91 Å². The molecule has 0 radical (unpaired) electrons. The van der Waals surface area contributed by atoms with Gasteiger partial charge in [-0.15, -0.1) is 11.3 Å². The van der Waals surface area contributed by atoms with E-state index < -0.39 is 0 Å². The van der Waals surface area contributed by atoms with Crippen molar-refractivity contribution < 1.29 is 14.4 Å². The van der Waals surface area contributed by atoms with E-state index in [1.54, 1.807) is 24.3 Å². The van der Waals surface area contributed by atoms with Crippen LogP contribution in [0.25, 0.3) is 0 Å². The summed E-state index contributed by atoms with van der Waals surface area (Å²) in [7, 11) is 0. The minimum Gasteiger partial charge on any atom is -0.352 e. The largest absolute Gasteiger partial charge is 0.352 e. The molecule has 1 aromatic carbocycles. The molecule has 3 rings (SSSR count). The Morgan fingerprint density at radius 1 is 0.929 bits per heavy atom. The summed E-state index contributed by atoms with van der Waals surface area (Å²) in [4.78, 5) is 38.0. The number of amides is 3. The summed E-state index contributed by atoms with van der Waals surface area (Å²) in [6.45, 7) is 0.396. The van der Waals surface area contributed by atoms with Crippen molar-refractivity contribution >= 4 is 29.1 Å². The Balaban J connectivity index is 1.35. The Hall–Kier alpha value is -2.67. The first kappa shape index (κ1) is 20.1. The van der Waals surface area contributed by atoms with Crippen molar-refractivity contribution in [3.63, 3.8) is 0 Å². The highest BCUT2D eigenvalue weighted by Crippen LogP contribution is 2.28. The number of aryl methyl sites for hydroxylation is 2. The zero-order chi connectivity index (χ0) is 19.8. The molecule has 1 aliphatic rings. The van der Waals surface area contributed by atoms with Gasteiger partial charge >= 0.3 is 0 Å². The molecule has 0 fully saturated rings. The minimum absolute atomic E-state index is 0.160. The molecule has 148 valence electrons. The van der Waals surface area contributed by atoms with E-state index in [-0.39, 0.29) is 24.1 Å². The van der Waals surface area contributed by atoms with Crippen LogP contribution in [-0.2, 0) is 17.6 Å². The minimum atomic E-state index is -0.277. The average Bonchev–Trinajstić information content (AvgIpc) is 3.00. The predicted molar refractivity (Wildman–Crippen MR) is 109 cm³/mol. The molecule has 3 N–H and O–H groups in total. The lowest BCUT2D eigenvalue weighted by atomic mass is 10.1. The molecule has 0 bridgehead atoms. The molecule has 7 heteroatoms. The highest BCUT2D eigenvalue weighted by molar-refractivity contribution is 7.14. The Morgan fingerprint density at radius 2 is 1.71 bits per heavy atom. The van der Waals surface area contributed by atoms with E-state index in [0.717, 1.165) is 12.8 Å². The molecule has 0 spiro atoms. The van der Waals surface area contributed by atoms with Crippen LogP contribution >= 0.6 is 11.3 Å². The number of benzene rings is 1. The van der Waals surface area contributed by atoms with E-state index in [9.17, 15) is 14.4 Å². The lowest BCUT2D eigenvalue weighted by Crippen LogP contribution is -2.41. The third-order valence-electron chi connectivity index (χ3n) is 4.69. The summed E-state index contributed by atoms with van der Waals surface area (Å²) in [5.74, 6) is -0.712. The fraction of sp³-hybridized carbons (Fsp3) is 0.381. The number of hydrazine groups is 1. The van der Waals surface area contributed by atoms with Crippen LogP contribution < -0.4 is 16.2 Å². The van der Waals surface area contributed by atoms with Gasteiger partial charge in [0.05, 0.1) is 4.88 Å². The number of fused-ring (bicyclic) bond motifs is 1. The SMILES string of the molecule is O=C(CCCNC(=O)c1ccccc1)NNC(=O)c1cc2c(s1)CCCCC2. The Kier molecular flexibility index (Phi) is 7.19. The summed E-state index contributed by atoms with van der Waals surface area (Å²) in [5.41, 5.74) is 6.80. The van der Waals surface area contributed by atoms with Gasteiger partial charge in [-0.1, -0.05) is 24.6 Å². The molecule has 1 heterocycles. The van der Waals surface area contributed by atoms with Crippen LogP contribution in [0, 0.1) is 0 Å². The number of hydrogen-bond acceptors (Lipinski definition) is 4. The van der Waals surface area contributed by atoms with E-state index in [4.69, 9.17) is 0 Å². The van der Waals surface area contributed by atoms with E-state index >= 15 is 0 Å². The molecule has 0 unspecified atom stereocenters. The van der Waals surface area contributed by atoms with Crippen LogP contribution in [0.3, 0.4) is 0 Å². The van der Waals surface area contributed by atoms with Crippen molar-refractivity contribution in [1.82, 2.24) is 16.2 Å². The maximum atomic E-state index is 12.3. The summed E-state index contributed by atoms with van der Waals surface area (Å²) in [5, 5.41) is 2.77. The van der Waals surface area contributed by atoms with Gasteiger partial charge in [-0.2, -0.15) is 0 Å². The molecular formula is C21H25N3O3S. The van der Waals surface area contributed by atoms with Crippen molar-refractivity contribution in [3.05, 3.63) is 57.3 Å². The Morgan fingerprint density at radius 3 is 2.54 bits per heavy atom. The van der Waals surface area contributed by atoms with Crippen LogP contribution in [0.4, 0.5) is 0 Å². The number of carbonyl (C=O) groups excluding carboxylic acids is 3. The number of thiophene rings is 1. The molecule has 1 aromatic heterocycles. The zero-order valence-electron chi connectivity index (χ0n) is 15.8. The van der Waals surface area contributed by atoms with Gasteiger partial charge in [-0.3, -0.25) is 25.2 Å². The fourth-order valence-corrected chi connectivity index (χ4v) is 4.32. The first-order chi connectivity index (χ1) is 13.6. The molecule has 3 amide bonds. The fourth-order valence-electron chi connectivity index (χ4n) is 3.17. The predicted octanol–water partition coefficient (Wildman–Crippen LogP) is 2.99. The van der Waals surface area contributed by atoms with Gasteiger partial charge in [0, 0.05) is 23.4 Å². The molecular weight excluding hydrogens is 374 g/mol. The normalized spacial score (nSPS) is 13.1. The van der Waals surface area contributed by atoms with Crippen LogP contribution in [0.5, 0.6) is 0 Å². The number of nitrogens with one attached hydrogen (secondary N) is 3. The van der Waals surface area contributed by atoms with E-state index in [0.29, 0.717) is 23.4 Å². The molecule has 1 aliphatic carbocycles. The van der Waals surface area contributed by atoms with Crippen molar-refractivity contribution in [3.8, 4) is 0 Å². The topological polar surface area (TPSA) is 87.3 Å². The summed E-state index contributed by atoms with van der Waals surface area (Å²) in [6, 6.07) is 10.9. The smallest absolute Gasteiger partial charge is 0.279 e. The average molecular weight is 400 g/mol. The van der Waals surface area contributed by atoms with Crippen LogP contribution in [0.2, 0.25) is 0 Å². The van der Waals surface area contributed by atoms with Gasteiger partial charge in [-0.25, -0.2) is 0 Å². The zero-order valence-corrected chi connectivity index (χ0v) is 16.6. The van der Waals surface area contributed by atoms with Gasteiger partial charge < -0.3 is 5.32 Å². The molecule has 2 aromatic rings. The molecule has 0 saturated heterocycles. The quantitative estimate of drug-likeness (QED) is 0.396. The van der Waals surface area contributed by atoms with Gasteiger partial charge in [-0.05, 0) is 55.9 Å². The Labute approximate surface area is 168 Å². The van der Waals surface area contributed by atoms with E-state index in [1.807, 2.05) is 12.1 Å². The van der Waals surface area contributed by atoms with Crippen LogP contribution in [-0.4, -0.2) is 24.3 Å². The first-order valence-electron chi connectivity index (χ1n) is 9.67.